The van der Waals surface area contributed by atoms with Crippen LogP contribution in [0, 0.1) is 34.5 Å². The lowest BCUT2D eigenvalue weighted by Crippen LogP contribution is -2.57. The summed E-state index contributed by atoms with van der Waals surface area (Å²) in [7, 11) is 0. The van der Waals surface area contributed by atoms with Crippen LogP contribution in [-0.4, -0.2) is 30.7 Å². The lowest BCUT2D eigenvalue weighted by atomic mass is 9.54. The highest BCUT2D eigenvalue weighted by atomic mass is 15.3. The van der Waals surface area contributed by atoms with E-state index in [1.54, 1.807) is 0 Å². The first-order chi connectivity index (χ1) is 10.9. The summed E-state index contributed by atoms with van der Waals surface area (Å²) in [5, 5.41) is 3.88. The van der Waals surface area contributed by atoms with E-state index in [9.17, 15) is 0 Å². The van der Waals surface area contributed by atoms with Crippen LogP contribution >= 0.6 is 0 Å². The molecule has 2 aliphatic carbocycles. The summed E-state index contributed by atoms with van der Waals surface area (Å²) in [6.45, 7) is 13.7. The van der Waals surface area contributed by atoms with Crippen LogP contribution in [-0.2, 0) is 0 Å². The summed E-state index contributed by atoms with van der Waals surface area (Å²) in [4.78, 5) is 2.85. The molecule has 2 heteroatoms. The zero-order valence-corrected chi connectivity index (χ0v) is 15.9. The average Bonchev–Trinajstić information content (AvgIpc) is 2.90. The van der Waals surface area contributed by atoms with Crippen molar-refractivity contribution in [2.45, 2.75) is 78.8 Å². The molecule has 2 aliphatic heterocycles. The Hall–Kier alpha value is -0.0800. The van der Waals surface area contributed by atoms with E-state index >= 15 is 0 Å². The first kappa shape index (κ1) is 16.4. The van der Waals surface area contributed by atoms with Crippen LogP contribution < -0.4 is 5.32 Å². The molecule has 2 saturated carbocycles. The second-order valence-corrected chi connectivity index (χ2v) is 10.3. The minimum Gasteiger partial charge on any atom is -0.302 e. The first-order valence-electron chi connectivity index (χ1n) is 10.4. The molecule has 3 unspecified atom stereocenters. The maximum atomic E-state index is 3.88. The number of likely N-dealkylation sites (tertiary alicyclic amines) is 1. The van der Waals surface area contributed by atoms with Crippen LogP contribution in [0.1, 0.15) is 72.6 Å². The summed E-state index contributed by atoms with van der Waals surface area (Å²) in [5.41, 5.74) is 1.40. The van der Waals surface area contributed by atoms with Gasteiger partial charge in [0, 0.05) is 13.1 Å². The van der Waals surface area contributed by atoms with Crippen molar-refractivity contribution in [3.05, 3.63) is 0 Å². The van der Waals surface area contributed by atoms with Crippen molar-refractivity contribution in [3.8, 4) is 0 Å². The quantitative estimate of drug-likeness (QED) is 0.824. The Bertz CT molecular complexity index is 437. The fourth-order valence-corrected chi connectivity index (χ4v) is 6.70. The molecule has 2 heterocycles. The molecule has 0 radical (unpaired) electrons. The molecule has 23 heavy (non-hydrogen) atoms. The van der Waals surface area contributed by atoms with Crippen molar-refractivity contribution >= 4 is 0 Å². The monoisotopic (exact) mass is 318 g/mol. The summed E-state index contributed by atoms with van der Waals surface area (Å²) in [6.07, 6.45) is 11.0. The van der Waals surface area contributed by atoms with Crippen molar-refractivity contribution in [2.75, 3.05) is 19.6 Å². The molecule has 2 saturated heterocycles. The average molecular weight is 319 g/mol. The van der Waals surface area contributed by atoms with Crippen molar-refractivity contribution < 1.29 is 0 Å². The molecule has 1 N–H and O–H groups in total. The molecule has 4 fully saturated rings. The highest BCUT2D eigenvalue weighted by Crippen LogP contribution is 2.58. The van der Waals surface area contributed by atoms with Gasteiger partial charge >= 0.3 is 0 Å². The number of piperidine rings is 1. The molecular formula is C21H38N2. The number of nitrogens with zero attached hydrogens (tertiary/aromatic N) is 1. The number of rotatable bonds is 3. The Kier molecular flexibility index (Phi) is 4.08. The minimum atomic E-state index is 0.685. The number of hydrogen-bond acceptors (Lipinski definition) is 2. The Balaban J connectivity index is 1.36. The van der Waals surface area contributed by atoms with E-state index in [0.717, 1.165) is 23.7 Å². The first-order valence-corrected chi connectivity index (χ1v) is 10.4. The van der Waals surface area contributed by atoms with Crippen molar-refractivity contribution in [2.24, 2.45) is 34.5 Å². The summed E-state index contributed by atoms with van der Waals surface area (Å²) >= 11 is 0. The van der Waals surface area contributed by atoms with Crippen LogP contribution in [0.2, 0.25) is 0 Å². The molecule has 2 nitrogen and oxygen atoms in total. The van der Waals surface area contributed by atoms with Crippen molar-refractivity contribution in [3.63, 3.8) is 0 Å². The van der Waals surface area contributed by atoms with E-state index in [-0.39, 0.29) is 0 Å². The van der Waals surface area contributed by atoms with E-state index < -0.39 is 0 Å². The number of hydrogen-bond donors (Lipinski definition) is 1. The predicted octanol–water partition coefficient (Wildman–Crippen LogP) is 4.51. The maximum absolute atomic E-state index is 3.88. The van der Waals surface area contributed by atoms with Gasteiger partial charge in [-0.2, -0.15) is 0 Å². The zero-order valence-electron chi connectivity index (χ0n) is 15.9. The third-order valence-electron chi connectivity index (χ3n) is 8.40. The minimum absolute atomic E-state index is 0.685. The van der Waals surface area contributed by atoms with Gasteiger partial charge in [0.2, 0.25) is 0 Å². The summed E-state index contributed by atoms with van der Waals surface area (Å²) in [6, 6.07) is 0. The van der Waals surface area contributed by atoms with Gasteiger partial charge in [0.25, 0.3) is 0 Å². The molecule has 4 rings (SSSR count). The van der Waals surface area contributed by atoms with Gasteiger partial charge in [0.15, 0.2) is 0 Å². The zero-order chi connectivity index (χ0) is 16.2. The Morgan fingerprint density at radius 3 is 2.35 bits per heavy atom. The molecular weight excluding hydrogens is 280 g/mol. The largest absolute Gasteiger partial charge is 0.302 e. The Morgan fingerprint density at radius 1 is 0.957 bits per heavy atom. The lowest BCUT2D eigenvalue weighted by Gasteiger charge is -2.55. The molecule has 3 atom stereocenters. The normalized spacial score (nSPS) is 47.5. The van der Waals surface area contributed by atoms with E-state index in [1.807, 2.05) is 0 Å². The Morgan fingerprint density at radius 2 is 1.74 bits per heavy atom. The van der Waals surface area contributed by atoms with Crippen LogP contribution in [0.15, 0.2) is 0 Å². The van der Waals surface area contributed by atoms with E-state index in [4.69, 9.17) is 0 Å². The van der Waals surface area contributed by atoms with Gasteiger partial charge in [0.1, 0.15) is 0 Å². The SMILES string of the molecule is CC(C)C1CC2(CCNC(N3CCC4(CCC4C(C)C)C3)C2)C1. The molecule has 0 bridgehead atoms. The van der Waals surface area contributed by atoms with Gasteiger partial charge in [-0.05, 0) is 86.0 Å². The van der Waals surface area contributed by atoms with Gasteiger partial charge in [-0.15, -0.1) is 0 Å². The second kappa shape index (κ2) is 5.73. The third kappa shape index (κ3) is 2.68. The van der Waals surface area contributed by atoms with E-state index in [1.165, 1.54) is 64.6 Å². The Labute approximate surface area is 143 Å². The number of nitrogens with one attached hydrogen (secondary N) is 1. The smallest absolute Gasteiger partial charge is 0.0602 e. The van der Waals surface area contributed by atoms with Crippen LogP contribution in [0.4, 0.5) is 0 Å². The lowest BCUT2D eigenvalue weighted by molar-refractivity contribution is -0.0499. The fraction of sp³-hybridized carbons (Fsp3) is 1.00. The molecule has 0 aromatic heterocycles. The van der Waals surface area contributed by atoms with Gasteiger partial charge < -0.3 is 5.32 Å². The second-order valence-electron chi connectivity index (χ2n) is 10.3. The van der Waals surface area contributed by atoms with Gasteiger partial charge in [-0.3, -0.25) is 4.90 Å². The van der Waals surface area contributed by atoms with Crippen LogP contribution in [0.25, 0.3) is 0 Å². The van der Waals surface area contributed by atoms with E-state index in [0.29, 0.717) is 17.0 Å². The third-order valence-corrected chi connectivity index (χ3v) is 8.40. The molecule has 4 aliphatic rings. The van der Waals surface area contributed by atoms with Crippen LogP contribution in [0.3, 0.4) is 0 Å². The van der Waals surface area contributed by atoms with Gasteiger partial charge in [-0.25, -0.2) is 0 Å². The maximum Gasteiger partial charge on any atom is 0.0602 e. The fourth-order valence-electron chi connectivity index (χ4n) is 6.70. The standard InChI is InChI=1S/C21H38N2/c1-15(2)17-11-20(12-17)7-9-22-19(13-20)23-10-8-21(14-23)6-5-18(21)16(3)4/h15-19,22H,5-14H2,1-4H3. The van der Waals surface area contributed by atoms with E-state index in [2.05, 4.69) is 37.9 Å². The summed E-state index contributed by atoms with van der Waals surface area (Å²) in [5.74, 6) is 3.79. The molecule has 0 aromatic carbocycles. The molecule has 2 spiro atoms. The molecule has 0 amide bonds. The molecule has 0 aromatic rings. The molecule has 132 valence electrons. The summed E-state index contributed by atoms with van der Waals surface area (Å²) < 4.78 is 0. The van der Waals surface area contributed by atoms with Gasteiger partial charge in [0.05, 0.1) is 6.17 Å². The predicted molar refractivity (Wildman–Crippen MR) is 97.2 cm³/mol. The highest BCUT2D eigenvalue weighted by molar-refractivity contribution is 5.06. The van der Waals surface area contributed by atoms with Crippen molar-refractivity contribution in [1.82, 2.24) is 10.2 Å². The van der Waals surface area contributed by atoms with Crippen LogP contribution in [0.5, 0.6) is 0 Å². The highest BCUT2D eigenvalue weighted by Gasteiger charge is 2.54. The van der Waals surface area contributed by atoms with Gasteiger partial charge in [-0.1, -0.05) is 27.7 Å². The van der Waals surface area contributed by atoms with Crippen molar-refractivity contribution in [1.29, 1.82) is 0 Å². The topological polar surface area (TPSA) is 15.3 Å².